The molecule has 1 N–H and O–H groups in total. The molecular weight excluding hydrogens is 519 g/mol. The first-order chi connectivity index (χ1) is 19.0. The van der Waals surface area contributed by atoms with Gasteiger partial charge in [0.15, 0.2) is 0 Å². The zero-order valence-corrected chi connectivity index (χ0v) is 22.8. The number of fused-ring (bicyclic) bond motifs is 2. The number of alkyl halides is 3. The van der Waals surface area contributed by atoms with Gasteiger partial charge in [-0.05, 0) is 85.7 Å². The Morgan fingerprint density at radius 2 is 1.98 bits per heavy atom. The minimum Gasteiger partial charge on any atom is -0.478 e. The number of carbonyl (C=O) groups is 2. The van der Waals surface area contributed by atoms with Crippen molar-refractivity contribution in [2.24, 2.45) is 17.3 Å². The third-order valence-electron chi connectivity index (χ3n) is 10.2. The number of rotatable bonds is 4. The molecule has 1 unspecified atom stereocenters. The van der Waals surface area contributed by atoms with Crippen molar-refractivity contribution in [3.63, 3.8) is 0 Å². The Bertz CT molecular complexity index is 1310. The number of likely N-dealkylation sites (tertiary alicyclic amines) is 1. The van der Waals surface area contributed by atoms with Crippen LogP contribution in [0.3, 0.4) is 0 Å². The lowest BCUT2D eigenvalue weighted by molar-refractivity contribution is -0.144. The maximum Gasteiger partial charge on any atom is 0.417 e. The number of hydrogen-bond donors (Lipinski definition) is 1. The van der Waals surface area contributed by atoms with Gasteiger partial charge < -0.3 is 14.9 Å². The molecule has 5 atom stereocenters. The van der Waals surface area contributed by atoms with Crippen molar-refractivity contribution in [1.29, 1.82) is 0 Å². The maximum absolute atomic E-state index is 14.1. The summed E-state index contributed by atoms with van der Waals surface area (Å²) >= 11 is 0. The van der Waals surface area contributed by atoms with Gasteiger partial charge in [-0.3, -0.25) is 9.78 Å². The van der Waals surface area contributed by atoms with Crippen LogP contribution in [0.1, 0.15) is 84.1 Å². The number of nitrogens with zero attached hydrogens (tertiary/aromatic N) is 3. The zero-order valence-electron chi connectivity index (χ0n) is 22.8. The first-order valence-electron chi connectivity index (χ1n) is 14.5. The highest BCUT2D eigenvalue weighted by molar-refractivity contribution is 5.87. The number of aromatic carboxylic acids is 1. The van der Waals surface area contributed by atoms with Crippen LogP contribution >= 0.6 is 0 Å². The highest BCUT2D eigenvalue weighted by Crippen LogP contribution is 2.57. The van der Waals surface area contributed by atoms with Crippen LogP contribution in [-0.4, -0.2) is 57.4 Å². The monoisotopic (exact) mass is 555 g/mol. The molecule has 2 saturated carbocycles. The Morgan fingerprint density at radius 3 is 2.73 bits per heavy atom. The summed E-state index contributed by atoms with van der Waals surface area (Å²) in [6, 6.07) is 8.77. The fourth-order valence-corrected chi connectivity index (χ4v) is 8.21. The molecule has 0 spiro atoms. The highest BCUT2D eigenvalue weighted by atomic mass is 19.4. The van der Waals surface area contributed by atoms with E-state index in [4.69, 9.17) is 0 Å². The molecule has 1 saturated heterocycles. The Hall–Kier alpha value is -2.94. The van der Waals surface area contributed by atoms with E-state index in [1.54, 1.807) is 17.0 Å². The van der Waals surface area contributed by atoms with Crippen LogP contribution in [0.2, 0.25) is 0 Å². The van der Waals surface area contributed by atoms with E-state index in [1.807, 2.05) is 12.1 Å². The molecule has 40 heavy (non-hydrogen) atoms. The minimum atomic E-state index is -4.45. The largest absolute Gasteiger partial charge is 0.478 e. The van der Waals surface area contributed by atoms with Gasteiger partial charge >= 0.3 is 12.1 Å². The molecule has 2 aromatic rings. The number of hydrogen-bond acceptors (Lipinski definition) is 4. The summed E-state index contributed by atoms with van der Waals surface area (Å²) < 4.78 is 39.9. The molecule has 4 aliphatic rings. The highest BCUT2D eigenvalue weighted by Gasteiger charge is 2.57. The number of carboxylic acid groups (broad SMARTS) is 1. The van der Waals surface area contributed by atoms with E-state index in [9.17, 15) is 27.9 Å². The first-order valence-corrected chi connectivity index (χ1v) is 14.5. The summed E-state index contributed by atoms with van der Waals surface area (Å²) in [5.74, 6) is 0.184. The van der Waals surface area contributed by atoms with Crippen molar-refractivity contribution in [1.82, 2.24) is 14.8 Å². The molecule has 1 aromatic heterocycles. The van der Waals surface area contributed by atoms with Gasteiger partial charge in [-0.15, -0.1) is 0 Å². The van der Waals surface area contributed by atoms with E-state index in [-0.39, 0.29) is 12.5 Å². The van der Waals surface area contributed by atoms with E-state index >= 15 is 0 Å². The molecule has 6 nitrogen and oxygen atoms in total. The molecule has 214 valence electrons. The van der Waals surface area contributed by atoms with Crippen LogP contribution in [0.25, 0.3) is 0 Å². The number of pyridine rings is 1. The third-order valence-corrected chi connectivity index (χ3v) is 10.2. The predicted molar refractivity (Wildman–Crippen MR) is 143 cm³/mol. The number of carbonyl (C=O) groups excluding carboxylic acids is 1. The van der Waals surface area contributed by atoms with Crippen molar-refractivity contribution in [3.05, 3.63) is 64.5 Å². The Labute approximate surface area is 232 Å². The van der Waals surface area contributed by atoms with Crippen LogP contribution in [0.15, 0.2) is 36.5 Å². The summed E-state index contributed by atoms with van der Waals surface area (Å²) in [6.07, 6.45) is 2.58. The second-order valence-electron chi connectivity index (χ2n) is 12.4. The fourth-order valence-electron chi connectivity index (χ4n) is 8.21. The molecule has 1 amide bonds. The van der Waals surface area contributed by atoms with Crippen molar-refractivity contribution in [2.45, 2.75) is 76.6 Å². The normalized spacial score (nSPS) is 30.6. The SMILES string of the molecule is C[C@@H]1CN(C2C[C@H]3CCC[C@@]3(C(=O)N3CCc4ncc(C(F)(F)F)cc4C3)C2)CC[C@H]1c1cccc(C(=O)O)c1. The van der Waals surface area contributed by atoms with Gasteiger partial charge in [-0.25, -0.2) is 4.79 Å². The molecule has 9 heteroatoms. The summed E-state index contributed by atoms with van der Waals surface area (Å²) in [4.78, 5) is 34.0. The second-order valence-corrected chi connectivity index (χ2v) is 12.4. The van der Waals surface area contributed by atoms with Crippen LogP contribution in [0.4, 0.5) is 13.2 Å². The number of amides is 1. The van der Waals surface area contributed by atoms with E-state index in [0.29, 0.717) is 53.6 Å². The van der Waals surface area contributed by atoms with E-state index in [2.05, 4.69) is 16.8 Å². The molecule has 6 rings (SSSR count). The smallest absolute Gasteiger partial charge is 0.417 e. The third kappa shape index (κ3) is 4.80. The average molecular weight is 556 g/mol. The Morgan fingerprint density at radius 1 is 1.15 bits per heavy atom. The van der Waals surface area contributed by atoms with E-state index in [0.717, 1.165) is 63.4 Å². The molecule has 0 bridgehead atoms. The van der Waals surface area contributed by atoms with Gasteiger partial charge in [0.25, 0.3) is 0 Å². The fraction of sp³-hybridized carbons (Fsp3) is 0.581. The molecule has 3 fully saturated rings. The van der Waals surface area contributed by atoms with Gasteiger partial charge in [0.2, 0.25) is 5.91 Å². The number of carboxylic acids is 1. The first kappa shape index (κ1) is 27.2. The van der Waals surface area contributed by atoms with Crippen molar-refractivity contribution >= 4 is 11.9 Å². The lowest BCUT2D eigenvalue weighted by Gasteiger charge is -2.41. The zero-order chi connectivity index (χ0) is 28.2. The van der Waals surface area contributed by atoms with Gasteiger partial charge in [0, 0.05) is 44.0 Å². The Balaban J connectivity index is 1.15. The van der Waals surface area contributed by atoms with E-state index < -0.39 is 23.1 Å². The van der Waals surface area contributed by atoms with Crippen LogP contribution in [0, 0.1) is 17.3 Å². The molecule has 2 aliphatic heterocycles. The average Bonchev–Trinajstić information content (AvgIpc) is 3.50. The van der Waals surface area contributed by atoms with Crippen LogP contribution in [-0.2, 0) is 23.9 Å². The standard InChI is InChI=1S/C31H36F3N3O3/c1-19-17-36(10-7-26(19)20-4-2-5-21(12-20)28(38)39)25-14-23-6-3-9-30(23,15-25)29(40)37-11-8-27-22(18-37)13-24(16-35-27)31(32,33)34/h2,4-5,12-13,16,19,23,25-26H,3,6-11,14-15,17-18H2,1H3,(H,38,39)/t19-,23-,25?,26-,30-/m1/s1. The summed E-state index contributed by atoms with van der Waals surface area (Å²) in [7, 11) is 0. The summed E-state index contributed by atoms with van der Waals surface area (Å²) in [6.45, 7) is 4.75. The van der Waals surface area contributed by atoms with Gasteiger partial charge in [0.1, 0.15) is 0 Å². The van der Waals surface area contributed by atoms with Crippen molar-refractivity contribution < 1.29 is 27.9 Å². The number of benzene rings is 1. The van der Waals surface area contributed by atoms with Crippen LogP contribution in [0.5, 0.6) is 0 Å². The molecule has 3 heterocycles. The lowest BCUT2D eigenvalue weighted by atomic mass is 9.78. The molecule has 0 radical (unpaired) electrons. The minimum absolute atomic E-state index is 0.119. The predicted octanol–water partition coefficient (Wildman–Crippen LogP) is 5.76. The molecular formula is C31H36F3N3O3. The van der Waals surface area contributed by atoms with Crippen molar-refractivity contribution in [3.8, 4) is 0 Å². The summed E-state index contributed by atoms with van der Waals surface area (Å²) in [5, 5.41) is 9.41. The maximum atomic E-state index is 14.1. The number of halogens is 3. The lowest BCUT2D eigenvalue weighted by Crippen LogP contribution is -2.48. The van der Waals surface area contributed by atoms with Crippen molar-refractivity contribution in [2.75, 3.05) is 19.6 Å². The van der Waals surface area contributed by atoms with E-state index in [1.165, 1.54) is 6.07 Å². The summed E-state index contributed by atoms with van der Waals surface area (Å²) in [5.41, 5.74) is 1.39. The number of piperidine rings is 1. The van der Waals surface area contributed by atoms with Gasteiger partial charge in [-0.2, -0.15) is 13.2 Å². The van der Waals surface area contributed by atoms with Gasteiger partial charge in [0.05, 0.1) is 16.5 Å². The van der Waals surface area contributed by atoms with Gasteiger partial charge in [-0.1, -0.05) is 25.5 Å². The number of aromatic nitrogens is 1. The topological polar surface area (TPSA) is 73.7 Å². The molecule has 2 aliphatic carbocycles. The Kier molecular flexibility index (Phi) is 6.92. The molecule has 1 aromatic carbocycles. The van der Waals surface area contributed by atoms with Crippen LogP contribution < -0.4 is 0 Å². The quantitative estimate of drug-likeness (QED) is 0.520. The second kappa shape index (κ2) is 10.2.